The number of ether oxygens (including phenoxy) is 4. The van der Waals surface area contributed by atoms with Gasteiger partial charge in [0.05, 0.1) is 26.4 Å². The molecule has 12 heterocycles. The van der Waals surface area contributed by atoms with Crippen molar-refractivity contribution in [3.05, 3.63) is 67.1 Å². The van der Waals surface area contributed by atoms with Crippen molar-refractivity contribution in [2.75, 3.05) is 49.4 Å². The number of phosphoric acid groups is 4. The Morgan fingerprint density at radius 2 is 0.663 bits per heavy atom. The summed E-state index contributed by atoms with van der Waals surface area (Å²) in [6.07, 6.45) is -31.0. The molecule has 0 radical (unpaired) electrons. The third kappa shape index (κ3) is 14.0. The van der Waals surface area contributed by atoms with E-state index in [4.69, 9.17) is 69.0 Å². The number of nitrogen functional groups attached to an aromatic ring is 4. The molecule has 8 aromatic rings. The fraction of sp³-hybridized carbons (Fsp3) is 0.500. The summed E-state index contributed by atoms with van der Waals surface area (Å²) < 4.78 is 116. The van der Waals surface area contributed by atoms with Crippen molar-refractivity contribution in [2.24, 2.45) is 20.5 Å². The number of aromatic nitrogens is 16. The zero-order chi connectivity index (χ0) is 72.4. The van der Waals surface area contributed by atoms with Gasteiger partial charge in [-0.15, -0.1) is 0 Å². The third-order valence-electron chi connectivity index (χ3n) is 15.1. The van der Waals surface area contributed by atoms with Crippen molar-refractivity contribution in [3.63, 3.8) is 0 Å². The molecule has 0 spiro atoms. The highest BCUT2D eigenvalue weighted by Crippen LogP contribution is 2.54. The van der Waals surface area contributed by atoms with Crippen LogP contribution in [0.2, 0.25) is 0 Å². The molecular weight excluding hydrogens is 1450 g/mol. The zero-order valence-corrected chi connectivity index (χ0v) is 53.0. The quantitative estimate of drug-likeness (QED) is 0.0111. The fourth-order valence-electron chi connectivity index (χ4n) is 10.9. The minimum Gasteiger partial charge on any atom is -0.756 e. The number of hydrogen-bond acceptors (Lipinski definition) is 44. The highest BCUT2D eigenvalue weighted by molar-refractivity contribution is 7.46. The summed E-state index contributed by atoms with van der Waals surface area (Å²) in [4.78, 5) is 121. The predicted molar refractivity (Wildman–Crippen MR) is 311 cm³/mol. The van der Waals surface area contributed by atoms with Gasteiger partial charge in [-0.25, -0.2) is 59.8 Å². The van der Waals surface area contributed by atoms with Crippen LogP contribution in [-0.2, 0) is 68.9 Å². The Hall–Kier alpha value is -9.28. The van der Waals surface area contributed by atoms with Gasteiger partial charge in [-0.3, -0.25) is 36.5 Å². The number of rotatable bonds is 26. The van der Waals surface area contributed by atoms with Gasteiger partial charge in [-0.2, -0.15) is 0 Å². The number of aliphatic hydroxyl groups excluding tert-OH is 5. The van der Waals surface area contributed by atoms with E-state index in [1.54, 1.807) is 0 Å². The van der Waals surface area contributed by atoms with E-state index in [1.165, 1.54) is 0 Å². The van der Waals surface area contributed by atoms with E-state index < -0.39 is 197 Å². The largest absolute Gasteiger partial charge is 0.756 e. The third-order valence-corrected chi connectivity index (χ3v) is 18.5. The monoisotopic (exact) mass is 1490 g/mol. The number of fused-ring (bicyclic) bond motifs is 4. The summed E-state index contributed by atoms with van der Waals surface area (Å²) in [5.41, 5.74) is 59.2. The molecule has 14 N–H and O–H groups in total. The summed E-state index contributed by atoms with van der Waals surface area (Å²) in [5.74, 6) is -3.95. The van der Waals surface area contributed by atoms with Crippen LogP contribution in [0, 0.1) is 0 Å². The molecule has 4 aliphatic heterocycles. The Labute approximate surface area is 553 Å². The number of anilines is 4. The Bertz CT molecular complexity index is 4960. The second-order valence-electron chi connectivity index (χ2n) is 21.0. The van der Waals surface area contributed by atoms with Crippen LogP contribution in [0.5, 0.6) is 0 Å². The lowest BCUT2D eigenvalue weighted by Crippen LogP contribution is -2.39. The normalized spacial score (nSPS) is 29.0. The molecule has 4 fully saturated rings. The highest BCUT2D eigenvalue weighted by Gasteiger charge is 2.54. The summed E-state index contributed by atoms with van der Waals surface area (Å²) in [6, 6.07) is 0. The van der Waals surface area contributed by atoms with Crippen molar-refractivity contribution in [2.45, 2.75) is 98.2 Å². The van der Waals surface area contributed by atoms with Gasteiger partial charge < -0.3 is 124 Å². The highest BCUT2D eigenvalue weighted by atomic mass is 31.2. The van der Waals surface area contributed by atoms with Crippen LogP contribution in [0.3, 0.4) is 0 Å². The van der Waals surface area contributed by atoms with Gasteiger partial charge >= 0.3 is 0 Å². The van der Waals surface area contributed by atoms with E-state index >= 15 is 0 Å². The number of azide groups is 4. The molecule has 57 nitrogen and oxygen atoms in total. The van der Waals surface area contributed by atoms with Crippen molar-refractivity contribution < 1.29 is 119 Å². The van der Waals surface area contributed by atoms with Gasteiger partial charge in [0.25, 0.3) is 31.3 Å². The van der Waals surface area contributed by atoms with Crippen molar-refractivity contribution >= 4 is 123 Å². The smallest absolute Gasteiger partial charge is 0.268 e. The minimum atomic E-state index is -6.20. The maximum absolute atomic E-state index is 14.3. The van der Waals surface area contributed by atoms with Gasteiger partial charge in [-0.05, 0) is 42.6 Å². The molecule has 0 aliphatic carbocycles. The molecule has 0 bridgehead atoms. The molecule has 4 saturated heterocycles. The first-order valence-corrected chi connectivity index (χ1v) is 33.6. The first kappa shape index (κ1) is 71.5. The molecule has 20 unspecified atom stereocenters. The maximum atomic E-state index is 14.3. The van der Waals surface area contributed by atoms with E-state index in [9.17, 15) is 90.4 Å². The lowest BCUT2D eigenvalue weighted by Gasteiger charge is -2.32. The maximum Gasteiger partial charge on any atom is 0.268 e. The molecule has 0 amide bonds. The van der Waals surface area contributed by atoms with Crippen molar-refractivity contribution in [3.8, 4) is 0 Å². The van der Waals surface area contributed by atoms with Gasteiger partial charge in [-0.1, -0.05) is 0 Å². The van der Waals surface area contributed by atoms with E-state index in [2.05, 4.69) is 104 Å². The van der Waals surface area contributed by atoms with Gasteiger partial charge in [0.1, 0.15) is 98.6 Å². The van der Waals surface area contributed by atoms with E-state index in [-0.39, 0.29) is 50.8 Å². The number of phosphoric ester groups is 4. The Morgan fingerprint density at radius 3 is 0.931 bits per heavy atom. The molecule has 0 saturated carbocycles. The Morgan fingerprint density at radius 1 is 0.416 bits per heavy atom. The average molecular weight is 1490 g/mol. The lowest BCUT2D eigenvalue weighted by molar-refractivity contribution is -0.238. The van der Waals surface area contributed by atoms with Crippen molar-refractivity contribution in [1.29, 1.82) is 0 Å². The molecule has 536 valence electrons. The van der Waals surface area contributed by atoms with E-state index in [0.29, 0.717) is 4.57 Å². The standard InChI is InChI=1S/C40H46N32O25P4/c41-25-13-29(53-5-49-25)69(37(57-13)61-65-45)33-21(77)17(73)9(91-33)2-88-99(81,82)96-23-19(75)11(93-35(23)71-31-15(27(43)51-7-55-31)59-39(71)63-67-47)4-90-101(85,86)97-24-20(76)12(94-36(24)72-32-16(28(44)52-8-56-32)60-40(72)64-68-48)3-89-100(83,84)95-22-18(74)10(1-87-98(78,79)80)92-34(22)70-30-14(26(42)50-6-54-30)58-38(70)62-66-46/h5-12,17-24,33-36,73-77H,1-4H2,(H,81,82)(H,83,84)(H,85,86)(H2,41,49,53)(H2,42,50,54)(H2,43,51,55)(H2,44,52,56)(H2,78,79,80)/p-4. The van der Waals surface area contributed by atoms with Crippen LogP contribution in [0.25, 0.3) is 86.4 Å². The second kappa shape index (κ2) is 27.9. The number of imidazole rings is 4. The molecule has 61 heteroatoms. The van der Waals surface area contributed by atoms with Crippen molar-refractivity contribution in [1.82, 2.24) is 78.1 Å². The molecule has 12 rings (SSSR count). The summed E-state index contributed by atoms with van der Waals surface area (Å²) >= 11 is 0. The fourth-order valence-corrected chi connectivity index (χ4v) is 13.9. The zero-order valence-electron chi connectivity index (χ0n) is 49.4. The molecule has 4 aliphatic rings. The number of hydrogen-bond donors (Lipinski definition) is 10. The Kier molecular flexibility index (Phi) is 19.8. The van der Waals surface area contributed by atoms with Gasteiger partial charge in [0.2, 0.25) is 23.8 Å². The van der Waals surface area contributed by atoms with Crippen LogP contribution in [0.4, 0.5) is 47.1 Å². The summed E-state index contributed by atoms with van der Waals surface area (Å²) in [6.45, 7) is -5.30. The van der Waals surface area contributed by atoms with Crippen LogP contribution in [-0.4, -0.2) is 208 Å². The lowest BCUT2D eigenvalue weighted by atomic mass is 10.1. The molecule has 101 heavy (non-hydrogen) atoms. The van der Waals surface area contributed by atoms with Crippen LogP contribution < -0.4 is 42.5 Å². The van der Waals surface area contributed by atoms with Gasteiger partial charge in [0, 0.05) is 19.6 Å². The predicted octanol–water partition coefficient (Wildman–Crippen LogP) is -3.08. The van der Waals surface area contributed by atoms with Crippen LogP contribution >= 0.6 is 31.3 Å². The number of nitrogens with zero attached hydrogens (tertiary/aromatic N) is 28. The number of nitrogens with two attached hydrogens (primary N) is 4. The SMILES string of the molecule is [N-]=[N+]=Nc1nc2c(N)ncnc2n1C1OC(COP(=O)([O-])OC2C(O)C(COP(=O)([O-])OC3C(O)C(COP(=O)([O-])OC4C(O)C(COP(=O)([O-])O)OC4n4c(N=[N+]=[N-])nc5c(N)ncnc54)OC3n3c(N=[N+]=[N-])nc4c(N)ncnc43)OC2n2c(N=[N+]=[N-])nc3c(N)ncnc32)C(O)C1O. The Balaban J connectivity index is 0.804. The average Bonchev–Trinajstić information content (AvgIpc) is 1.61. The van der Waals surface area contributed by atoms with Gasteiger partial charge in [0.15, 0.2) is 92.8 Å². The molecule has 0 aromatic carbocycles. The van der Waals surface area contributed by atoms with E-state index in [0.717, 1.165) is 39.0 Å². The minimum absolute atomic E-state index is 0.134. The number of aliphatic hydroxyl groups is 5. The van der Waals surface area contributed by atoms with E-state index in [1.807, 2.05) is 0 Å². The first-order valence-electron chi connectivity index (χ1n) is 27.7. The topological polar surface area (TPSA) is 857 Å². The summed E-state index contributed by atoms with van der Waals surface area (Å²) in [5, 5.41) is 71.4. The first-order chi connectivity index (χ1) is 48.0. The molecular formula is C40H42N32O25P4-4. The van der Waals surface area contributed by atoms with Crippen LogP contribution in [0.1, 0.15) is 24.9 Å². The molecule has 8 aromatic heterocycles. The van der Waals surface area contributed by atoms with Crippen LogP contribution in [0.15, 0.2) is 45.8 Å². The molecule has 20 atom stereocenters. The second-order valence-corrected chi connectivity index (χ2v) is 26.3. The summed E-state index contributed by atoms with van der Waals surface area (Å²) in [7, 11) is -23.8.